The van der Waals surface area contributed by atoms with Crippen molar-refractivity contribution in [3.8, 4) is 17.0 Å². The summed E-state index contributed by atoms with van der Waals surface area (Å²) in [6.45, 7) is 0.413. The third-order valence-electron chi connectivity index (χ3n) is 4.80. The summed E-state index contributed by atoms with van der Waals surface area (Å²) < 4.78 is 19.1. The summed E-state index contributed by atoms with van der Waals surface area (Å²) in [5.41, 5.74) is 6.20. The maximum absolute atomic E-state index is 13.9. The lowest BCUT2D eigenvalue weighted by atomic mass is 10.0. The number of H-pyrrole nitrogens is 1. The first kappa shape index (κ1) is 19.1. The molecular weight excluding hydrogens is 389 g/mol. The molecule has 2 aromatic heterocycles. The molecule has 0 fully saturated rings. The van der Waals surface area contributed by atoms with Crippen LogP contribution in [0.2, 0.25) is 0 Å². The Morgan fingerprint density at radius 3 is 2.79 bits per heavy atom. The number of fused-ring (bicyclic) bond motifs is 1. The van der Waals surface area contributed by atoms with Gasteiger partial charge in [-0.15, -0.1) is 11.3 Å². The average Bonchev–Trinajstić information content (AvgIpc) is 3.38. The number of nitrogens with zero attached hydrogens (tertiary/aromatic N) is 1. The molecule has 0 spiro atoms. The number of benzene rings is 2. The first-order chi connectivity index (χ1) is 14.1. The first-order valence-corrected chi connectivity index (χ1v) is 10.2. The molecule has 1 amide bonds. The van der Waals surface area contributed by atoms with E-state index in [4.69, 9.17) is 4.74 Å². The van der Waals surface area contributed by atoms with Crippen LogP contribution in [0.3, 0.4) is 0 Å². The molecular formula is C22H20FN3O2S. The van der Waals surface area contributed by atoms with Crippen molar-refractivity contribution >= 4 is 28.1 Å². The van der Waals surface area contributed by atoms with Crippen LogP contribution in [0.1, 0.15) is 17.7 Å². The molecule has 4 aromatic rings. The Labute approximate surface area is 171 Å². The second-order valence-electron chi connectivity index (χ2n) is 6.65. The topological polar surface area (TPSA) is 67.0 Å². The third-order valence-corrected chi connectivity index (χ3v) is 5.43. The Morgan fingerprint density at radius 1 is 1.24 bits per heavy atom. The largest absolute Gasteiger partial charge is 0.497 e. The molecule has 4 rings (SSSR count). The van der Waals surface area contributed by atoms with Crippen molar-refractivity contribution < 1.29 is 13.9 Å². The molecule has 2 N–H and O–H groups in total. The van der Waals surface area contributed by atoms with Gasteiger partial charge in [0.15, 0.2) is 0 Å². The molecule has 0 aliphatic heterocycles. The molecule has 148 valence electrons. The number of ether oxygens (including phenoxy) is 1. The molecule has 0 saturated heterocycles. The molecule has 2 aromatic carbocycles. The average molecular weight is 409 g/mol. The van der Waals surface area contributed by atoms with Gasteiger partial charge in [-0.1, -0.05) is 0 Å². The minimum atomic E-state index is -0.299. The van der Waals surface area contributed by atoms with Crippen molar-refractivity contribution in [3.63, 3.8) is 0 Å². The van der Waals surface area contributed by atoms with E-state index in [9.17, 15) is 9.18 Å². The molecule has 0 aliphatic carbocycles. The lowest BCUT2D eigenvalue weighted by molar-refractivity contribution is -0.121. The number of aryl methyl sites for hydroxylation is 1. The first-order valence-electron chi connectivity index (χ1n) is 9.22. The smallest absolute Gasteiger partial charge is 0.220 e. The van der Waals surface area contributed by atoms with Crippen molar-refractivity contribution in [3.05, 3.63) is 70.4 Å². The fourth-order valence-corrected chi connectivity index (χ4v) is 3.88. The molecule has 2 heterocycles. The quantitative estimate of drug-likeness (QED) is 0.465. The maximum atomic E-state index is 13.9. The van der Waals surface area contributed by atoms with Crippen LogP contribution in [0.25, 0.3) is 22.2 Å². The number of carbonyl (C=O) groups excluding carboxylic acids is 1. The molecule has 0 aliphatic rings. The second-order valence-corrected chi connectivity index (χ2v) is 7.37. The van der Waals surface area contributed by atoms with Crippen molar-refractivity contribution in [2.24, 2.45) is 0 Å². The van der Waals surface area contributed by atoms with Gasteiger partial charge in [0.1, 0.15) is 11.6 Å². The molecule has 0 unspecified atom stereocenters. The number of thiazole rings is 1. The molecule has 29 heavy (non-hydrogen) atoms. The van der Waals surface area contributed by atoms with Crippen LogP contribution in [0.5, 0.6) is 5.75 Å². The van der Waals surface area contributed by atoms with Gasteiger partial charge >= 0.3 is 0 Å². The lowest BCUT2D eigenvalue weighted by Gasteiger charge is -2.07. The van der Waals surface area contributed by atoms with Crippen LogP contribution in [-0.2, 0) is 17.8 Å². The number of amides is 1. The number of aromatic amines is 1. The lowest BCUT2D eigenvalue weighted by Crippen LogP contribution is -2.23. The Balaban J connectivity index is 1.58. The summed E-state index contributed by atoms with van der Waals surface area (Å²) >= 11 is 1.50. The minimum absolute atomic E-state index is 0.0653. The van der Waals surface area contributed by atoms with Gasteiger partial charge in [0.2, 0.25) is 5.91 Å². The predicted molar refractivity (Wildman–Crippen MR) is 113 cm³/mol. The predicted octanol–water partition coefficient (Wildman–Crippen LogP) is 4.69. The molecule has 0 saturated carbocycles. The Kier molecular flexibility index (Phi) is 5.57. The summed E-state index contributed by atoms with van der Waals surface area (Å²) in [4.78, 5) is 19.9. The zero-order valence-electron chi connectivity index (χ0n) is 15.9. The SMILES string of the molecule is COc1ccc(-c2[nH]c3ccc(F)cc3c2CCC(=O)NCc2cscn2)cc1. The minimum Gasteiger partial charge on any atom is -0.497 e. The van der Waals surface area contributed by atoms with E-state index in [2.05, 4.69) is 15.3 Å². The van der Waals surface area contributed by atoms with Crippen molar-refractivity contribution in [2.45, 2.75) is 19.4 Å². The van der Waals surface area contributed by atoms with Crippen molar-refractivity contribution in [1.29, 1.82) is 0 Å². The van der Waals surface area contributed by atoms with Crippen molar-refractivity contribution in [1.82, 2.24) is 15.3 Å². The normalized spacial score (nSPS) is 11.0. The van der Waals surface area contributed by atoms with E-state index in [1.165, 1.54) is 23.5 Å². The summed E-state index contributed by atoms with van der Waals surface area (Å²) in [5, 5.41) is 5.59. The maximum Gasteiger partial charge on any atom is 0.220 e. The number of halogens is 1. The summed E-state index contributed by atoms with van der Waals surface area (Å²) in [6, 6.07) is 12.3. The summed E-state index contributed by atoms with van der Waals surface area (Å²) in [7, 11) is 1.62. The van der Waals surface area contributed by atoms with Crippen LogP contribution in [-0.4, -0.2) is 23.0 Å². The van der Waals surface area contributed by atoms with Crippen LogP contribution in [0.4, 0.5) is 4.39 Å². The van der Waals surface area contributed by atoms with E-state index in [1.54, 1.807) is 18.7 Å². The number of hydrogen-bond donors (Lipinski definition) is 2. The fraction of sp³-hybridized carbons (Fsp3) is 0.182. The highest BCUT2D eigenvalue weighted by atomic mass is 32.1. The number of methoxy groups -OCH3 is 1. The number of carbonyl (C=O) groups is 1. The van der Waals surface area contributed by atoms with Crippen LogP contribution in [0, 0.1) is 5.82 Å². The van der Waals surface area contributed by atoms with Crippen LogP contribution >= 0.6 is 11.3 Å². The number of aromatic nitrogens is 2. The van der Waals surface area contributed by atoms with E-state index in [0.29, 0.717) is 19.4 Å². The zero-order valence-corrected chi connectivity index (χ0v) is 16.7. The monoisotopic (exact) mass is 409 g/mol. The number of hydrogen-bond acceptors (Lipinski definition) is 4. The Hall–Kier alpha value is -3.19. The second kappa shape index (κ2) is 8.45. The molecule has 5 nitrogen and oxygen atoms in total. The number of nitrogens with one attached hydrogen (secondary N) is 2. The van der Waals surface area contributed by atoms with Crippen molar-refractivity contribution in [2.75, 3.05) is 7.11 Å². The van der Waals surface area contributed by atoms with Crippen LogP contribution in [0.15, 0.2) is 53.4 Å². The molecule has 0 bridgehead atoms. The third kappa shape index (κ3) is 4.30. The highest BCUT2D eigenvalue weighted by Crippen LogP contribution is 2.32. The highest BCUT2D eigenvalue weighted by molar-refractivity contribution is 7.07. The van der Waals surface area contributed by atoms with E-state index >= 15 is 0 Å². The number of rotatable bonds is 7. The molecule has 0 atom stereocenters. The Bertz CT molecular complexity index is 1120. The van der Waals surface area contributed by atoms with Gasteiger partial charge in [-0.2, -0.15) is 0 Å². The molecule has 7 heteroatoms. The van der Waals surface area contributed by atoms with Gasteiger partial charge in [0.25, 0.3) is 0 Å². The Morgan fingerprint density at radius 2 is 2.07 bits per heavy atom. The van der Waals surface area contributed by atoms with Gasteiger partial charge < -0.3 is 15.0 Å². The van der Waals surface area contributed by atoms with Gasteiger partial charge in [-0.05, 0) is 60.0 Å². The standard InChI is InChI=1S/C22H20FN3O2S/c1-28-17-5-2-14(3-6-17)22-18(19-10-15(23)4-8-20(19)26-22)7-9-21(27)24-11-16-12-29-13-25-16/h2-6,8,10,12-13,26H,7,9,11H2,1H3,(H,24,27). The fourth-order valence-electron chi connectivity index (χ4n) is 3.32. The summed E-state index contributed by atoms with van der Waals surface area (Å²) in [6.07, 6.45) is 0.796. The highest BCUT2D eigenvalue weighted by Gasteiger charge is 2.15. The van der Waals surface area contributed by atoms with Gasteiger partial charge in [0.05, 0.1) is 24.9 Å². The van der Waals surface area contributed by atoms with Gasteiger partial charge in [0, 0.05) is 28.4 Å². The summed E-state index contributed by atoms with van der Waals surface area (Å²) in [5.74, 6) is 0.398. The van der Waals surface area contributed by atoms with Gasteiger partial charge in [-0.25, -0.2) is 9.37 Å². The van der Waals surface area contributed by atoms with E-state index in [-0.39, 0.29) is 11.7 Å². The molecule has 0 radical (unpaired) electrons. The van der Waals surface area contributed by atoms with E-state index < -0.39 is 0 Å². The van der Waals surface area contributed by atoms with Gasteiger partial charge in [-0.3, -0.25) is 4.79 Å². The zero-order chi connectivity index (χ0) is 20.2. The van der Waals surface area contributed by atoms with Crippen LogP contribution < -0.4 is 10.1 Å². The van der Waals surface area contributed by atoms with E-state index in [1.807, 2.05) is 29.6 Å². The van der Waals surface area contributed by atoms with E-state index in [0.717, 1.165) is 39.2 Å².